The Morgan fingerprint density at radius 3 is 2.39 bits per heavy atom. The number of carbonyl (C=O) groups is 1. The Bertz CT molecular complexity index is 910. The van der Waals surface area contributed by atoms with Crippen LogP contribution in [0.4, 0.5) is 0 Å². The van der Waals surface area contributed by atoms with E-state index in [2.05, 4.69) is 51.3 Å². The molecule has 0 unspecified atom stereocenters. The van der Waals surface area contributed by atoms with Crippen LogP contribution in [0, 0.1) is 0 Å². The summed E-state index contributed by atoms with van der Waals surface area (Å²) in [6, 6.07) is 19.1. The summed E-state index contributed by atoms with van der Waals surface area (Å²) in [6.45, 7) is 1.77. The summed E-state index contributed by atoms with van der Waals surface area (Å²) in [7, 11) is 1.82. The molecule has 1 amide bonds. The Kier molecular flexibility index (Phi) is 9.41. The van der Waals surface area contributed by atoms with Gasteiger partial charge in [-0.1, -0.05) is 48.9 Å². The van der Waals surface area contributed by atoms with Gasteiger partial charge in [-0.2, -0.15) is 0 Å². The van der Waals surface area contributed by atoms with Gasteiger partial charge in [0.05, 0.1) is 0 Å². The second kappa shape index (κ2) is 12.3. The number of hydrogen-bond donors (Lipinski definition) is 3. The molecule has 0 bridgehead atoms. The van der Waals surface area contributed by atoms with Crippen molar-refractivity contribution in [2.24, 2.45) is 4.99 Å². The molecule has 0 heterocycles. The highest BCUT2D eigenvalue weighted by atomic mass is 127. The zero-order chi connectivity index (χ0) is 22.2. The van der Waals surface area contributed by atoms with Crippen molar-refractivity contribution >= 4 is 35.8 Å². The van der Waals surface area contributed by atoms with Crippen molar-refractivity contribution in [3.63, 3.8) is 0 Å². The van der Waals surface area contributed by atoms with Crippen LogP contribution in [-0.4, -0.2) is 44.7 Å². The van der Waals surface area contributed by atoms with Gasteiger partial charge < -0.3 is 20.7 Å². The fourth-order valence-electron chi connectivity index (χ4n) is 4.16. The van der Waals surface area contributed by atoms with E-state index < -0.39 is 0 Å². The van der Waals surface area contributed by atoms with Gasteiger partial charge >= 0.3 is 0 Å². The second-order valence-corrected chi connectivity index (χ2v) is 8.88. The predicted molar refractivity (Wildman–Crippen MR) is 144 cm³/mol. The van der Waals surface area contributed by atoms with Crippen molar-refractivity contribution in [2.75, 3.05) is 26.7 Å². The van der Waals surface area contributed by atoms with Gasteiger partial charge in [-0.3, -0.25) is 9.79 Å². The minimum absolute atomic E-state index is 0. The summed E-state index contributed by atoms with van der Waals surface area (Å²) in [4.78, 5) is 16.1. The fraction of sp³-hybridized carbons (Fsp3) is 0.462. The molecule has 2 aromatic carbocycles. The number of hydrogen-bond acceptors (Lipinski definition) is 3. The van der Waals surface area contributed by atoms with Gasteiger partial charge in [0.25, 0.3) is 5.91 Å². The maximum absolute atomic E-state index is 11.7. The fourth-order valence-corrected chi connectivity index (χ4v) is 4.16. The van der Waals surface area contributed by atoms with Gasteiger partial charge in [0.1, 0.15) is 5.75 Å². The van der Waals surface area contributed by atoms with Gasteiger partial charge in [-0.25, -0.2) is 0 Å². The number of carbonyl (C=O) groups excluding carboxylic acids is 1. The van der Waals surface area contributed by atoms with Crippen LogP contribution < -0.4 is 20.7 Å². The van der Waals surface area contributed by atoms with Crippen LogP contribution in [0.15, 0.2) is 59.6 Å². The molecular weight excluding hydrogens is 527 g/mol. The SMILES string of the molecule is CN=C(NCCc1ccc(OCC(=O)NC2CC2)cc1)NCC1(c2ccccc2)CCC1.I. The van der Waals surface area contributed by atoms with Gasteiger partial charge in [0.15, 0.2) is 12.6 Å². The van der Waals surface area contributed by atoms with Crippen LogP contribution in [-0.2, 0) is 16.6 Å². The molecule has 0 aromatic heterocycles. The smallest absolute Gasteiger partial charge is 0.258 e. The lowest BCUT2D eigenvalue weighted by atomic mass is 9.64. The number of ether oxygens (including phenoxy) is 1. The number of amides is 1. The van der Waals surface area contributed by atoms with E-state index in [4.69, 9.17) is 4.74 Å². The quantitative estimate of drug-likeness (QED) is 0.234. The third-order valence-corrected chi connectivity index (χ3v) is 6.46. The maximum atomic E-state index is 11.7. The molecule has 4 rings (SSSR count). The third kappa shape index (κ3) is 7.35. The highest BCUT2D eigenvalue weighted by Gasteiger charge is 2.38. The van der Waals surface area contributed by atoms with E-state index in [0.717, 1.165) is 44.1 Å². The Morgan fingerprint density at radius 2 is 1.79 bits per heavy atom. The molecule has 0 aliphatic heterocycles. The minimum atomic E-state index is -0.0457. The molecule has 2 aromatic rings. The van der Waals surface area contributed by atoms with Crippen molar-refractivity contribution in [3.05, 3.63) is 65.7 Å². The minimum Gasteiger partial charge on any atom is -0.484 e. The van der Waals surface area contributed by atoms with Crippen molar-refractivity contribution in [3.8, 4) is 5.75 Å². The Balaban J connectivity index is 0.00000306. The lowest BCUT2D eigenvalue weighted by molar-refractivity contribution is -0.123. The molecule has 6 nitrogen and oxygen atoms in total. The Hall–Kier alpha value is -2.29. The van der Waals surface area contributed by atoms with Crippen LogP contribution in [0.2, 0.25) is 0 Å². The number of halogens is 1. The van der Waals surface area contributed by atoms with E-state index in [1.807, 2.05) is 31.3 Å². The summed E-state index contributed by atoms with van der Waals surface area (Å²) < 4.78 is 5.57. The predicted octanol–water partition coefficient (Wildman–Crippen LogP) is 3.79. The molecule has 0 spiro atoms. The average molecular weight is 562 g/mol. The van der Waals surface area contributed by atoms with E-state index in [0.29, 0.717) is 6.04 Å². The number of nitrogens with zero attached hydrogens (tertiary/aromatic N) is 1. The highest BCUT2D eigenvalue weighted by molar-refractivity contribution is 14.0. The lowest BCUT2D eigenvalue weighted by Gasteiger charge is -2.43. The maximum Gasteiger partial charge on any atom is 0.258 e. The summed E-state index contributed by atoms with van der Waals surface area (Å²) in [6.07, 6.45) is 6.78. The normalized spacial score (nSPS) is 16.7. The number of nitrogens with one attached hydrogen (secondary N) is 3. The Labute approximate surface area is 214 Å². The number of guanidine groups is 1. The topological polar surface area (TPSA) is 74.8 Å². The molecule has 0 radical (unpaired) electrons. The standard InChI is InChI=1S/C26H34N4O2.HI/c1-27-25(29-19-26(15-5-16-26)21-6-3-2-4-7-21)28-17-14-20-8-12-23(13-9-20)32-18-24(31)30-22-10-11-22;/h2-4,6-9,12-13,22H,5,10-11,14-19H2,1H3,(H,30,31)(H2,27,28,29);1H. The van der Waals surface area contributed by atoms with Gasteiger partial charge in [-0.15, -0.1) is 24.0 Å². The zero-order valence-electron chi connectivity index (χ0n) is 19.3. The van der Waals surface area contributed by atoms with E-state index >= 15 is 0 Å². The summed E-state index contributed by atoms with van der Waals surface area (Å²) in [5.74, 6) is 1.52. The van der Waals surface area contributed by atoms with Crippen LogP contribution in [0.5, 0.6) is 5.75 Å². The molecule has 2 aliphatic rings. The molecule has 0 atom stereocenters. The number of benzene rings is 2. The molecule has 7 heteroatoms. The molecule has 2 saturated carbocycles. The van der Waals surface area contributed by atoms with Crippen LogP contribution in [0.25, 0.3) is 0 Å². The molecule has 33 heavy (non-hydrogen) atoms. The average Bonchev–Trinajstić information content (AvgIpc) is 3.61. The van der Waals surface area contributed by atoms with Crippen molar-refractivity contribution in [1.82, 2.24) is 16.0 Å². The largest absolute Gasteiger partial charge is 0.484 e. The first-order chi connectivity index (χ1) is 15.7. The van der Waals surface area contributed by atoms with Gasteiger partial charge in [0, 0.05) is 31.6 Å². The number of aliphatic imine (C=N–C) groups is 1. The van der Waals surface area contributed by atoms with E-state index in [-0.39, 0.29) is 41.9 Å². The van der Waals surface area contributed by atoms with Crippen molar-refractivity contribution < 1.29 is 9.53 Å². The lowest BCUT2D eigenvalue weighted by Crippen LogP contribution is -2.49. The molecular formula is C26H35IN4O2. The monoisotopic (exact) mass is 562 g/mol. The van der Waals surface area contributed by atoms with E-state index in [1.165, 1.54) is 30.4 Å². The van der Waals surface area contributed by atoms with E-state index in [9.17, 15) is 4.79 Å². The second-order valence-electron chi connectivity index (χ2n) is 8.88. The van der Waals surface area contributed by atoms with Crippen molar-refractivity contribution in [1.29, 1.82) is 0 Å². The van der Waals surface area contributed by atoms with Gasteiger partial charge in [0.2, 0.25) is 0 Å². The molecule has 178 valence electrons. The molecule has 2 aliphatic carbocycles. The Morgan fingerprint density at radius 1 is 1.06 bits per heavy atom. The first-order valence-corrected chi connectivity index (χ1v) is 11.7. The summed E-state index contributed by atoms with van der Waals surface area (Å²) in [5, 5.41) is 9.88. The van der Waals surface area contributed by atoms with Gasteiger partial charge in [-0.05, 0) is 55.4 Å². The first kappa shape index (κ1) is 25.3. The first-order valence-electron chi connectivity index (χ1n) is 11.7. The summed E-state index contributed by atoms with van der Waals surface area (Å²) in [5.41, 5.74) is 2.86. The van der Waals surface area contributed by atoms with E-state index in [1.54, 1.807) is 0 Å². The molecule has 2 fully saturated rings. The highest BCUT2D eigenvalue weighted by Crippen LogP contribution is 2.43. The molecule has 3 N–H and O–H groups in total. The van der Waals surface area contributed by atoms with Crippen LogP contribution >= 0.6 is 24.0 Å². The molecule has 0 saturated heterocycles. The number of rotatable bonds is 10. The van der Waals surface area contributed by atoms with Crippen LogP contribution in [0.1, 0.15) is 43.2 Å². The van der Waals surface area contributed by atoms with Crippen LogP contribution in [0.3, 0.4) is 0 Å². The zero-order valence-corrected chi connectivity index (χ0v) is 21.6. The van der Waals surface area contributed by atoms with Crippen molar-refractivity contribution in [2.45, 2.75) is 50.0 Å². The summed E-state index contributed by atoms with van der Waals surface area (Å²) >= 11 is 0. The third-order valence-electron chi connectivity index (χ3n) is 6.46.